The van der Waals surface area contributed by atoms with E-state index in [1.54, 1.807) is 48.5 Å². The third kappa shape index (κ3) is 4.72. The summed E-state index contributed by atoms with van der Waals surface area (Å²) in [5, 5.41) is 4.15. The van der Waals surface area contributed by atoms with E-state index >= 15 is 0 Å². The third-order valence-electron chi connectivity index (χ3n) is 7.22. The van der Waals surface area contributed by atoms with Crippen molar-refractivity contribution in [2.24, 2.45) is 0 Å². The molecule has 206 valence electrons. The van der Waals surface area contributed by atoms with E-state index in [2.05, 4.69) is 15.7 Å². The minimum atomic E-state index is -4.63. The molecule has 1 amide bonds. The maximum absolute atomic E-state index is 14.3. The zero-order valence-electron chi connectivity index (χ0n) is 21.0. The number of nitrogens with zero attached hydrogens (tertiary/aromatic N) is 2. The van der Waals surface area contributed by atoms with Crippen molar-refractivity contribution in [2.45, 2.75) is 49.9 Å². The van der Waals surface area contributed by atoms with Crippen LogP contribution in [0.4, 0.5) is 13.2 Å². The minimum Gasteiger partial charge on any atom is -0.494 e. The van der Waals surface area contributed by atoms with Gasteiger partial charge >= 0.3 is 6.18 Å². The van der Waals surface area contributed by atoms with Crippen LogP contribution in [0.1, 0.15) is 36.6 Å². The highest BCUT2D eigenvalue weighted by molar-refractivity contribution is 6.20. The molecule has 3 aromatic rings. The Bertz CT molecular complexity index is 1390. The lowest BCUT2D eigenvalue weighted by Crippen LogP contribution is -2.55. The van der Waals surface area contributed by atoms with Crippen molar-refractivity contribution >= 4 is 22.6 Å². The van der Waals surface area contributed by atoms with Gasteiger partial charge in [0.25, 0.3) is 5.91 Å². The predicted octanol–water partition coefficient (Wildman–Crippen LogP) is 4.08. The van der Waals surface area contributed by atoms with E-state index in [9.17, 15) is 18.0 Å². The molecule has 2 saturated heterocycles. The number of amides is 1. The highest BCUT2D eigenvalue weighted by atomic mass is 19.4. The fraction of sp³-hybridized carbons (Fsp3) is 0.407. The Morgan fingerprint density at radius 2 is 1.95 bits per heavy atom. The number of para-hydroxylation sites is 1. The second-order valence-electron chi connectivity index (χ2n) is 9.64. The largest absolute Gasteiger partial charge is 0.494 e. The van der Waals surface area contributed by atoms with Gasteiger partial charge in [0.05, 0.1) is 25.3 Å². The Morgan fingerprint density at radius 1 is 1.13 bits per heavy atom. The first-order valence-corrected chi connectivity index (χ1v) is 12.7. The molecule has 6 rings (SSSR count). The monoisotopic (exact) mass is 544 g/mol. The second kappa shape index (κ2) is 10.2. The average molecular weight is 545 g/mol. The molecule has 0 spiro atoms. The summed E-state index contributed by atoms with van der Waals surface area (Å²) in [6, 6.07) is 11.4. The van der Waals surface area contributed by atoms with Gasteiger partial charge in [-0.25, -0.2) is 15.4 Å². The van der Waals surface area contributed by atoms with Crippen LogP contribution in [0.3, 0.4) is 0 Å². The van der Waals surface area contributed by atoms with Crippen molar-refractivity contribution in [3.05, 3.63) is 65.7 Å². The van der Waals surface area contributed by atoms with E-state index in [4.69, 9.17) is 18.6 Å². The number of halogens is 3. The van der Waals surface area contributed by atoms with Gasteiger partial charge in [-0.2, -0.15) is 13.2 Å². The van der Waals surface area contributed by atoms with E-state index in [-0.39, 0.29) is 23.8 Å². The Hall–Kier alpha value is -3.61. The Kier molecular flexibility index (Phi) is 6.69. The molecule has 0 radical (unpaired) electrons. The number of hydrazine groups is 1. The minimum absolute atomic E-state index is 0.0255. The topological polar surface area (TPSA) is 98.1 Å². The summed E-state index contributed by atoms with van der Waals surface area (Å²) in [7, 11) is 1.49. The highest BCUT2D eigenvalue weighted by Crippen LogP contribution is 2.43. The summed E-state index contributed by atoms with van der Waals surface area (Å²) in [5.41, 5.74) is 3.85. The second-order valence-corrected chi connectivity index (χ2v) is 9.64. The van der Waals surface area contributed by atoms with Gasteiger partial charge in [-0.3, -0.25) is 4.79 Å². The first-order chi connectivity index (χ1) is 18.8. The van der Waals surface area contributed by atoms with Crippen LogP contribution in [0, 0.1) is 0 Å². The first-order valence-electron chi connectivity index (χ1n) is 12.7. The van der Waals surface area contributed by atoms with Crippen LogP contribution in [0.15, 0.2) is 58.6 Å². The van der Waals surface area contributed by atoms with Gasteiger partial charge in [-0.1, -0.05) is 36.4 Å². The molecule has 0 aliphatic carbocycles. The molecule has 12 heteroatoms. The zero-order chi connectivity index (χ0) is 27.1. The van der Waals surface area contributed by atoms with E-state index in [0.717, 1.165) is 17.9 Å². The number of carbonyl (C=O) groups is 1. The first kappa shape index (κ1) is 25.7. The number of fused-ring (bicyclic) bond motifs is 2. The van der Waals surface area contributed by atoms with Crippen LogP contribution in [-0.2, 0) is 14.3 Å². The van der Waals surface area contributed by atoms with Gasteiger partial charge in [-0.05, 0) is 37.0 Å². The van der Waals surface area contributed by atoms with Crippen LogP contribution in [0.25, 0.3) is 16.7 Å². The van der Waals surface area contributed by atoms with E-state index in [1.807, 2.05) is 0 Å². The van der Waals surface area contributed by atoms with Gasteiger partial charge in [0.2, 0.25) is 5.89 Å². The van der Waals surface area contributed by atoms with Crippen LogP contribution in [0.2, 0.25) is 0 Å². The van der Waals surface area contributed by atoms with Gasteiger partial charge in [0.15, 0.2) is 17.4 Å². The van der Waals surface area contributed by atoms with Crippen molar-refractivity contribution in [1.82, 2.24) is 20.7 Å². The van der Waals surface area contributed by atoms with Gasteiger partial charge < -0.3 is 23.9 Å². The lowest BCUT2D eigenvalue weighted by Gasteiger charge is -2.35. The maximum atomic E-state index is 14.3. The molecule has 4 heterocycles. The standard InChI is InChI=1S/C27H27F3N4O5/c1-36-17-10-7-11-18-22(17)32-25(39-18)21-16(14-38-19-12-5-6-13-37-19)31-24-20(15-8-3-2-4-9-15)23(27(28,29)30)33-34(24)26(21)35/h2-4,7-11,19-20,23-24,31,33H,5-6,12-14H2,1H3. The molecule has 0 bridgehead atoms. The number of benzene rings is 2. The summed E-state index contributed by atoms with van der Waals surface area (Å²) in [6.07, 6.45) is -3.62. The zero-order valence-corrected chi connectivity index (χ0v) is 21.0. The van der Waals surface area contributed by atoms with Crippen molar-refractivity contribution in [1.29, 1.82) is 0 Å². The molecule has 0 saturated carbocycles. The molecule has 9 nitrogen and oxygen atoms in total. The Balaban J connectivity index is 1.43. The molecule has 2 fully saturated rings. The number of methoxy groups -OCH3 is 1. The molecular formula is C27H27F3N4O5. The smallest absolute Gasteiger partial charge is 0.406 e. The fourth-order valence-corrected chi connectivity index (χ4v) is 5.37. The molecule has 3 aliphatic rings. The summed E-state index contributed by atoms with van der Waals surface area (Å²) in [6.45, 7) is 0.446. The lowest BCUT2D eigenvalue weighted by molar-refractivity contribution is -0.161. The van der Waals surface area contributed by atoms with E-state index < -0.39 is 36.5 Å². The molecule has 4 atom stereocenters. The molecule has 2 aromatic carbocycles. The van der Waals surface area contributed by atoms with Crippen LogP contribution >= 0.6 is 0 Å². The molecule has 39 heavy (non-hydrogen) atoms. The number of rotatable bonds is 6. The van der Waals surface area contributed by atoms with Crippen molar-refractivity contribution < 1.29 is 36.6 Å². The Morgan fingerprint density at radius 3 is 2.67 bits per heavy atom. The number of carbonyl (C=O) groups excluding carboxylic acids is 1. The summed E-state index contributed by atoms with van der Waals surface area (Å²) < 4.78 is 65.7. The molecule has 2 N–H and O–H groups in total. The molecule has 1 aromatic heterocycles. The molecular weight excluding hydrogens is 517 g/mol. The predicted molar refractivity (Wildman–Crippen MR) is 133 cm³/mol. The average Bonchev–Trinajstić information content (AvgIpc) is 3.55. The number of alkyl halides is 3. The van der Waals surface area contributed by atoms with Crippen molar-refractivity contribution in [3.63, 3.8) is 0 Å². The Labute approximate surface area is 221 Å². The number of hydrogen-bond donors (Lipinski definition) is 2. The fourth-order valence-electron chi connectivity index (χ4n) is 5.37. The van der Waals surface area contributed by atoms with E-state index in [0.29, 0.717) is 35.4 Å². The normalized spacial score (nSPS) is 25.6. The van der Waals surface area contributed by atoms with Crippen molar-refractivity contribution in [2.75, 3.05) is 20.3 Å². The lowest BCUT2D eigenvalue weighted by atomic mass is 9.89. The maximum Gasteiger partial charge on any atom is 0.406 e. The SMILES string of the molecule is COc1cccc2oc(C3=C(COC4CCCCO4)NC4C(c5ccccc5)C(C(F)(F)F)NN4C3=O)nc12. The number of oxazole rings is 1. The van der Waals surface area contributed by atoms with Crippen molar-refractivity contribution in [3.8, 4) is 5.75 Å². The number of ether oxygens (including phenoxy) is 3. The molecule has 4 unspecified atom stereocenters. The van der Waals surface area contributed by atoms with Gasteiger partial charge in [0.1, 0.15) is 23.5 Å². The van der Waals surface area contributed by atoms with Crippen LogP contribution in [0.5, 0.6) is 5.75 Å². The third-order valence-corrected chi connectivity index (χ3v) is 7.22. The van der Waals surface area contributed by atoms with Crippen LogP contribution in [-0.4, -0.2) is 60.9 Å². The number of aromatic nitrogens is 1. The summed E-state index contributed by atoms with van der Waals surface area (Å²) >= 11 is 0. The van der Waals surface area contributed by atoms with E-state index in [1.165, 1.54) is 7.11 Å². The number of hydrogen-bond acceptors (Lipinski definition) is 8. The van der Waals surface area contributed by atoms with Gasteiger partial charge in [-0.15, -0.1) is 0 Å². The van der Waals surface area contributed by atoms with Crippen LogP contribution < -0.4 is 15.5 Å². The quantitative estimate of drug-likeness (QED) is 0.479. The summed E-state index contributed by atoms with van der Waals surface area (Å²) in [5.74, 6) is -1.45. The highest BCUT2D eigenvalue weighted by Gasteiger charge is 2.58. The molecule has 3 aliphatic heterocycles. The van der Waals surface area contributed by atoms with Gasteiger partial charge in [0, 0.05) is 6.61 Å². The summed E-state index contributed by atoms with van der Waals surface area (Å²) in [4.78, 5) is 18.4. The number of nitrogens with one attached hydrogen (secondary N) is 2.